The number of hydrogen-bond acceptors (Lipinski definition) is 1. The first kappa shape index (κ1) is 8.31. The number of allylic oxidation sites excluding steroid dienone is 1. The number of rotatable bonds is 2. The third kappa shape index (κ3) is 1.20. The third-order valence-electron chi connectivity index (χ3n) is 3.43. The van der Waals surface area contributed by atoms with Gasteiger partial charge in [0.05, 0.1) is 0 Å². The summed E-state index contributed by atoms with van der Waals surface area (Å²) in [4.78, 5) is 0. The molecule has 0 heterocycles. The van der Waals surface area contributed by atoms with Gasteiger partial charge in [0.25, 0.3) is 0 Å². The molecule has 2 aliphatic carbocycles. The Morgan fingerprint density at radius 3 is 2.50 bits per heavy atom. The molecule has 0 amide bonds. The van der Waals surface area contributed by atoms with Crippen LogP contribution in [0.4, 0.5) is 0 Å². The normalized spacial score (nSPS) is 44.7. The lowest BCUT2D eigenvalue weighted by molar-refractivity contribution is 0.323. The first-order chi connectivity index (χ1) is 5.68. The van der Waals surface area contributed by atoms with Gasteiger partial charge < -0.3 is 5.73 Å². The highest BCUT2D eigenvalue weighted by molar-refractivity contribution is 5.15. The summed E-state index contributed by atoms with van der Waals surface area (Å²) in [6.45, 7) is 4.59. The van der Waals surface area contributed by atoms with Crippen LogP contribution in [-0.4, -0.2) is 6.04 Å². The third-order valence-corrected chi connectivity index (χ3v) is 3.43. The molecule has 0 saturated heterocycles. The van der Waals surface area contributed by atoms with Crippen molar-refractivity contribution in [2.24, 2.45) is 29.4 Å². The zero-order chi connectivity index (χ0) is 8.72. The second-order valence-electron chi connectivity index (χ2n) is 4.82. The molecule has 1 saturated carbocycles. The van der Waals surface area contributed by atoms with Crippen LogP contribution < -0.4 is 5.73 Å². The zero-order valence-electron chi connectivity index (χ0n) is 8.03. The average Bonchev–Trinajstić information content (AvgIpc) is 2.53. The predicted octanol–water partition coefficient (Wildman–Crippen LogP) is 2.18. The van der Waals surface area contributed by atoms with E-state index >= 15 is 0 Å². The fourth-order valence-electron chi connectivity index (χ4n) is 2.84. The highest BCUT2D eigenvalue weighted by Crippen LogP contribution is 2.45. The molecule has 2 bridgehead atoms. The van der Waals surface area contributed by atoms with Crippen LogP contribution >= 0.6 is 0 Å². The monoisotopic (exact) mass is 165 g/mol. The van der Waals surface area contributed by atoms with Gasteiger partial charge in [-0.3, -0.25) is 0 Å². The van der Waals surface area contributed by atoms with Crippen molar-refractivity contribution < 1.29 is 0 Å². The molecule has 0 unspecified atom stereocenters. The van der Waals surface area contributed by atoms with Gasteiger partial charge in [-0.1, -0.05) is 26.0 Å². The summed E-state index contributed by atoms with van der Waals surface area (Å²) < 4.78 is 0. The standard InChI is InChI=1S/C11H19N/c1-7(2)5-10-8-3-4-9(6-8)11(10)12/h3-4,7-11H,5-6,12H2,1-2H3/t8-,9+,10+,11-/m1/s1. The molecule has 0 aromatic rings. The summed E-state index contributed by atoms with van der Waals surface area (Å²) >= 11 is 0. The first-order valence-corrected chi connectivity index (χ1v) is 5.12. The minimum Gasteiger partial charge on any atom is -0.327 e. The van der Waals surface area contributed by atoms with Crippen molar-refractivity contribution in [3.8, 4) is 0 Å². The largest absolute Gasteiger partial charge is 0.327 e. The summed E-state index contributed by atoms with van der Waals surface area (Å²) in [6.07, 6.45) is 7.36. The lowest BCUT2D eigenvalue weighted by Crippen LogP contribution is -2.34. The van der Waals surface area contributed by atoms with E-state index in [1.807, 2.05) is 0 Å². The van der Waals surface area contributed by atoms with Crippen LogP contribution in [0, 0.1) is 23.7 Å². The molecule has 1 heteroatoms. The van der Waals surface area contributed by atoms with Gasteiger partial charge in [0.1, 0.15) is 0 Å². The Morgan fingerprint density at radius 2 is 2.00 bits per heavy atom. The molecule has 2 aliphatic rings. The van der Waals surface area contributed by atoms with E-state index in [4.69, 9.17) is 5.73 Å². The summed E-state index contributed by atoms with van der Waals surface area (Å²) in [5.74, 6) is 3.10. The summed E-state index contributed by atoms with van der Waals surface area (Å²) in [6, 6.07) is 0.461. The Bertz CT molecular complexity index is 195. The maximum Gasteiger partial charge on any atom is 0.0136 e. The van der Waals surface area contributed by atoms with Gasteiger partial charge in [-0.25, -0.2) is 0 Å². The molecule has 1 nitrogen and oxygen atoms in total. The topological polar surface area (TPSA) is 26.0 Å². The fourth-order valence-corrected chi connectivity index (χ4v) is 2.84. The molecule has 0 radical (unpaired) electrons. The first-order valence-electron chi connectivity index (χ1n) is 5.12. The van der Waals surface area contributed by atoms with Crippen molar-refractivity contribution in [2.45, 2.75) is 32.7 Å². The second kappa shape index (κ2) is 2.88. The van der Waals surface area contributed by atoms with Crippen molar-refractivity contribution in [2.75, 3.05) is 0 Å². The molecule has 0 aliphatic heterocycles. The summed E-state index contributed by atoms with van der Waals surface area (Å²) in [5.41, 5.74) is 6.16. The predicted molar refractivity (Wildman–Crippen MR) is 51.7 cm³/mol. The van der Waals surface area contributed by atoms with Crippen LogP contribution in [0.3, 0.4) is 0 Å². The Balaban J connectivity index is 2.03. The molecule has 0 aromatic carbocycles. The number of hydrogen-bond donors (Lipinski definition) is 1. The van der Waals surface area contributed by atoms with E-state index in [-0.39, 0.29) is 0 Å². The molecule has 0 aromatic heterocycles. The van der Waals surface area contributed by atoms with Crippen LogP contribution in [0.5, 0.6) is 0 Å². The van der Waals surface area contributed by atoms with E-state index in [1.165, 1.54) is 12.8 Å². The van der Waals surface area contributed by atoms with Crippen molar-refractivity contribution in [1.29, 1.82) is 0 Å². The van der Waals surface area contributed by atoms with Crippen molar-refractivity contribution in [3.05, 3.63) is 12.2 Å². The minimum atomic E-state index is 0.461. The second-order valence-corrected chi connectivity index (χ2v) is 4.82. The average molecular weight is 165 g/mol. The van der Waals surface area contributed by atoms with Crippen molar-refractivity contribution in [1.82, 2.24) is 0 Å². The lowest BCUT2D eigenvalue weighted by atomic mass is 9.83. The van der Waals surface area contributed by atoms with Crippen LogP contribution in [0.1, 0.15) is 26.7 Å². The van der Waals surface area contributed by atoms with E-state index in [1.54, 1.807) is 0 Å². The van der Waals surface area contributed by atoms with E-state index in [0.717, 1.165) is 17.8 Å². The Hall–Kier alpha value is -0.300. The fraction of sp³-hybridized carbons (Fsp3) is 0.818. The van der Waals surface area contributed by atoms with Crippen molar-refractivity contribution >= 4 is 0 Å². The lowest BCUT2D eigenvalue weighted by Gasteiger charge is -2.26. The molecule has 0 spiro atoms. The minimum absolute atomic E-state index is 0.461. The van der Waals surface area contributed by atoms with E-state index in [9.17, 15) is 0 Å². The number of nitrogens with two attached hydrogens (primary N) is 1. The molecule has 2 rings (SSSR count). The maximum atomic E-state index is 6.16. The van der Waals surface area contributed by atoms with Gasteiger partial charge in [-0.05, 0) is 36.5 Å². The molecule has 4 atom stereocenters. The zero-order valence-corrected chi connectivity index (χ0v) is 8.03. The van der Waals surface area contributed by atoms with E-state index < -0.39 is 0 Å². The van der Waals surface area contributed by atoms with Gasteiger partial charge in [-0.2, -0.15) is 0 Å². The molecule has 68 valence electrons. The number of fused-ring (bicyclic) bond motifs is 2. The van der Waals surface area contributed by atoms with Crippen LogP contribution in [0.15, 0.2) is 12.2 Å². The molecular weight excluding hydrogens is 146 g/mol. The van der Waals surface area contributed by atoms with Crippen LogP contribution in [0.2, 0.25) is 0 Å². The molecule has 1 fully saturated rings. The van der Waals surface area contributed by atoms with Crippen LogP contribution in [0.25, 0.3) is 0 Å². The maximum absolute atomic E-state index is 6.16. The SMILES string of the molecule is CC(C)C[C@@H]1[C@H](N)[C@H]2C=C[C@@H]1C2. The highest BCUT2D eigenvalue weighted by Gasteiger charge is 2.42. The van der Waals surface area contributed by atoms with Crippen LogP contribution in [-0.2, 0) is 0 Å². The smallest absolute Gasteiger partial charge is 0.0136 e. The highest BCUT2D eigenvalue weighted by atomic mass is 14.7. The molecular formula is C11H19N. The van der Waals surface area contributed by atoms with Gasteiger partial charge in [0.15, 0.2) is 0 Å². The Morgan fingerprint density at radius 1 is 1.33 bits per heavy atom. The Labute approximate surface area is 75.0 Å². The Kier molecular flexibility index (Phi) is 1.99. The van der Waals surface area contributed by atoms with Crippen molar-refractivity contribution in [3.63, 3.8) is 0 Å². The van der Waals surface area contributed by atoms with E-state index in [2.05, 4.69) is 26.0 Å². The van der Waals surface area contributed by atoms with Gasteiger partial charge in [0.2, 0.25) is 0 Å². The van der Waals surface area contributed by atoms with E-state index in [0.29, 0.717) is 12.0 Å². The summed E-state index contributed by atoms with van der Waals surface area (Å²) in [5, 5.41) is 0. The van der Waals surface area contributed by atoms with Gasteiger partial charge in [0, 0.05) is 6.04 Å². The molecule has 2 N–H and O–H groups in total. The van der Waals surface area contributed by atoms with Gasteiger partial charge in [-0.15, -0.1) is 0 Å². The molecule has 12 heavy (non-hydrogen) atoms. The van der Waals surface area contributed by atoms with Gasteiger partial charge >= 0.3 is 0 Å². The quantitative estimate of drug-likeness (QED) is 0.624. The summed E-state index contributed by atoms with van der Waals surface area (Å²) in [7, 11) is 0.